The number of rotatable bonds is 6. The van der Waals surface area contributed by atoms with E-state index in [9.17, 15) is 9.59 Å². The van der Waals surface area contributed by atoms with E-state index in [0.717, 1.165) is 22.9 Å². The van der Waals surface area contributed by atoms with Crippen molar-refractivity contribution < 1.29 is 14.7 Å². The summed E-state index contributed by atoms with van der Waals surface area (Å²) >= 11 is 1.14. The second-order valence-electron chi connectivity index (χ2n) is 5.77. The zero-order valence-corrected chi connectivity index (χ0v) is 15.2. The third-order valence-electron chi connectivity index (χ3n) is 3.70. The Morgan fingerprint density at radius 2 is 1.93 bits per heavy atom. The van der Waals surface area contributed by atoms with Crippen LogP contribution in [0.1, 0.15) is 15.9 Å². The van der Waals surface area contributed by atoms with Crippen LogP contribution in [0.4, 0.5) is 5.69 Å². The van der Waals surface area contributed by atoms with Gasteiger partial charge < -0.3 is 16.3 Å². The van der Waals surface area contributed by atoms with Gasteiger partial charge in [-0.3, -0.25) is 4.79 Å². The molecule has 0 saturated carbocycles. The standard InChI is InChI=1S/C18H17N5O3S/c1-11-5-7-12(8-6-11)16-21-22-18(23(16)19)27-10-15(24)20-14-4-2-3-13(9-14)17(25)26/h2-9H,10,19H2,1H3,(H,20,24)(H,25,26). The molecule has 0 aliphatic carbocycles. The van der Waals surface area contributed by atoms with Gasteiger partial charge in [-0.2, -0.15) is 0 Å². The minimum atomic E-state index is -1.06. The maximum absolute atomic E-state index is 12.1. The molecule has 1 heterocycles. The van der Waals surface area contributed by atoms with Gasteiger partial charge in [0.15, 0.2) is 5.82 Å². The number of carbonyl (C=O) groups excluding carboxylic acids is 1. The fraction of sp³-hybridized carbons (Fsp3) is 0.111. The number of aromatic carboxylic acids is 1. The van der Waals surface area contributed by atoms with Gasteiger partial charge in [-0.1, -0.05) is 47.7 Å². The van der Waals surface area contributed by atoms with Gasteiger partial charge >= 0.3 is 5.97 Å². The number of carboxylic acids is 1. The van der Waals surface area contributed by atoms with Gasteiger partial charge in [0.2, 0.25) is 11.1 Å². The summed E-state index contributed by atoms with van der Waals surface area (Å²) < 4.78 is 1.34. The number of hydrogen-bond donors (Lipinski definition) is 3. The van der Waals surface area contributed by atoms with Crippen molar-refractivity contribution in [3.8, 4) is 11.4 Å². The summed E-state index contributed by atoms with van der Waals surface area (Å²) in [5.41, 5.74) is 2.47. The van der Waals surface area contributed by atoms with E-state index in [0.29, 0.717) is 16.7 Å². The van der Waals surface area contributed by atoms with Crippen molar-refractivity contribution in [2.24, 2.45) is 0 Å². The summed E-state index contributed by atoms with van der Waals surface area (Å²) in [5, 5.41) is 20.1. The molecular formula is C18H17N5O3S. The summed E-state index contributed by atoms with van der Waals surface area (Å²) in [5.74, 6) is 5.24. The van der Waals surface area contributed by atoms with Crippen molar-refractivity contribution in [2.75, 3.05) is 16.9 Å². The first-order chi connectivity index (χ1) is 12.9. The van der Waals surface area contributed by atoms with E-state index in [1.54, 1.807) is 12.1 Å². The largest absolute Gasteiger partial charge is 0.478 e. The van der Waals surface area contributed by atoms with E-state index < -0.39 is 5.97 Å². The summed E-state index contributed by atoms with van der Waals surface area (Å²) in [6, 6.07) is 13.7. The Morgan fingerprint density at radius 1 is 1.19 bits per heavy atom. The lowest BCUT2D eigenvalue weighted by molar-refractivity contribution is -0.113. The molecule has 0 radical (unpaired) electrons. The van der Waals surface area contributed by atoms with Gasteiger partial charge in [-0.25, -0.2) is 9.47 Å². The van der Waals surface area contributed by atoms with Crippen LogP contribution in [0.2, 0.25) is 0 Å². The molecule has 0 aliphatic rings. The number of nitrogens with zero attached hydrogens (tertiary/aromatic N) is 3. The summed E-state index contributed by atoms with van der Waals surface area (Å²) in [6.45, 7) is 1.99. The summed E-state index contributed by atoms with van der Waals surface area (Å²) in [4.78, 5) is 23.1. The molecule has 2 aromatic carbocycles. The zero-order chi connectivity index (χ0) is 19.4. The summed E-state index contributed by atoms with van der Waals surface area (Å²) in [7, 11) is 0. The Labute approximate surface area is 159 Å². The number of aryl methyl sites for hydroxylation is 1. The Kier molecular flexibility index (Phi) is 5.41. The van der Waals surface area contributed by atoms with Crippen LogP contribution in [-0.4, -0.2) is 37.6 Å². The minimum absolute atomic E-state index is 0.0561. The van der Waals surface area contributed by atoms with Gasteiger partial charge in [0, 0.05) is 11.3 Å². The number of aromatic nitrogens is 3. The molecule has 8 nitrogen and oxygen atoms in total. The molecule has 1 aromatic heterocycles. The highest BCUT2D eigenvalue weighted by Gasteiger charge is 2.14. The van der Waals surface area contributed by atoms with Crippen LogP contribution in [0.3, 0.4) is 0 Å². The molecule has 138 valence electrons. The fourth-order valence-corrected chi connectivity index (χ4v) is 2.99. The van der Waals surface area contributed by atoms with Crippen LogP contribution in [0.5, 0.6) is 0 Å². The van der Waals surface area contributed by atoms with Gasteiger partial charge in [-0.05, 0) is 25.1 Å². The van der Waals surface area contributed by atoms with E-state index in [1.807, 2.05) is 31.2 Å². The van der Waals surface area contributed by atoms with Gasteiger partial charge in [0.1, 0.15) is 0 Å². The number of amides is 1. The average molecular weight is 383 g/mol. The topological polar surface area (TPSA) is 123 Å². The second-order valence-corrected chi connectivity index (χ2v) is 6.71. The maximum atomic E-state index is 12.1. The zero-order valence-electron chi connectivity index (χ0n) is 14.4. The molecule has 0 atom stereocenters. The molecule has 0 unspecified atom stereocenters. The Morgan fingerprint density at radius 3 is 2.63 bits per heavy atom. The average Bonchev–Trinajstić information content (AvgIpc) is 3.01. The number of benzene rings is 2. The van der Waals surface area contributed by atoms with Crippen molar-refractivity contribution in [1.29, 1.82) is 0 Å². The van der Waals surface area contributed by atoms with Crippen LogP contribution in [0.15, 0.2) is 53.7 Å². The quantitative estimate of drug-likeness (QED) is 0.441. The highest BCUT2D eigenvalue weighted by molar-refractivity contribution is 7.99. The number of thioether (sulfide) groups is 1. The first-order valence-corrected chi connectivity index (χ1v) is 8.96. The Balaban J connectivity index is 1.63. The number of anilines is 1. The third kappa shape index (κ3) is 4.45. The molecule has 27 heavy (non-hydrogen) atoms. The van der Waals surface area contributed by atoms with E-state index in [2.05, 4.69) is 15.5 Å². The molecule has 3 aromatic rings. The monoisotopic (exact) mass is 383 g/mol. The molecule has 0 saturated heterocycles. The lowest BCUT2D eigenvalue weighted by atomic mass is 10.1. The van der Waals surface area contributed by atoms with Crippen molar-refractivity contribution in [3.05, 3.63) is 59.7 Å². The number of carboxylic acid groups (broad SMARTS) is 1. The van der Waals surface area contributed by atoms with Crippen LogP contribution in [0, 0.1) is 6.92 Å². The number of hydrogen-bond acceptors (Lipinski definition) is 6. The van der Waals surface area contributed by atoms with Crippen LogP contribution in [0.25, 0.3) is 11.4 Å². The predicted octanol–water partition coefficient (Wildman–Crippen LogP) is 2.40. The Bertz CT molecular complexity index is 985. The molecule has 0 spiro atoms. The predicted molar refractivity (Wildman–Crippen MR) is 103 cm³/mol. The molecular weight excluding hydrogens is 366 g/mol. The maximum Gasteiger partial charge on any atom is 0.335 e. The highest BCUT2D eigenvalue weighted by Crippen LogP contribution is 2.22. The molecule has 3 rings (SSSR count). The SMILES string of the molecule is Cc1ccc(-c2nnc(SCC(=O)Nc3cccc(C(=O)O)c3)n2N)cc1. The van der Waals surface area contributed by atoms with Crippen molar-refractivity contribution >= 4 is 29.3 Å². The van der Waals surface area contributed by atoms with Gasteiger partial charge in [-0.15, -0.1) is 10.2 Å². The first-order valence-electron chi connectivity index (χ1n) is 7.97. The highest BCUT2D eigenvalue weighted by atomic mass is 32.2. The smallest absolute Gasteiger partial charge is 0.335 e. The molecule has 0 fully saturated rings. The van der Waals surface area contributed by atoms with Crippen molar-refractivity contribution in [2.45, 2.75) is 12.1 Å². The van der Waals surface area contributed by atoms with Gasteiger partial charge in [0.05, 0.1) is 11.3 Å². The number of nitrogen functional groups attached to an aromatic ring is 1. The molecule has 1 amide bonds. The lowest BCUT2D eigenvalue weighted by Gasteiger charge is -2.06. The van der Waals surface area contributed by atoms with Crippen LogP contribution in [-0.2, 0) is 4.79 Å². The lowest BCUT2D eigenvalue weighted by Crippen LogP contribution is -2.16. The number of nitrogens with two attached hydrogens (primary N) is 1. The van der Waals surface area contributed by atoms with Crippen LogP contribution < -0.4 is 11.2 Å². The van der Waals surface area contributed by atoms with E-state index >= 15 is 0 Å². The van der Waals surface area contributed by atoms with Crippen molar-refractivity contribution in [3.63, 3.8) is 0 Å². The van der Waals surface area contributed by atoms with Crippen molar-refractivity contribution in [1.82, 2.24) is 14.9 Å². The number of carbonyl (C=O) groups is 2. The van der Waals surface area contributed by atoms with Crippen LogP contribution >= 0.6 is 11.8 Å². The first kappa shape index (κ1) is 18.5. The minimum Gasteiger partial charge on any atom is -0.478 e. The van der Waals surface area contributed by atoms with Gasteiger partial charge in [0.25, 0.3) is 0 Å². The summed E-state index contributed by atoms with van der Waals surface area (Å²) in [6.07, 6.45) is 0. The molecule has 4 N–H and O–H groups in total. The molecule has 9 heteroatoms. The van der Waals surface area contributed by atoms with E-state index in [-0.39, 0.29) is 17.2 Å². The fourth-order valence-electron chi connectivity index (χ4n) is 2.33. The van der Waals surface area contributed by atoms with E-state index in [4.69, 9.17) is 10.9 Å². The molecule has 0 aliphatic heterocycles. The number of nitrogens with one attached hydrogen (secondary N) is 1. The Hall–Kier alpha value is -3.33. The second kappa shape index (κ2) is 7.92. The molecule has 0 bridgehead atoms. The van der Waals surface area contributed by atoms with E-state index in [1.165, 1.54) is 16.8 Å². The normalized spacial score (nSPS) is 10.6. The third-order valence-corrected chi connectivity index (χ3v) is 4.64.